The zero-order chi connectivity index (χ0) is 15.7. The van der Waals surface area contributed by atoms with E-state index in [4.69, 9.17) is 16.9 Å². The van der Waals surface area contributed by atoms with Crippen LogP contribution in [0.1, 0.15) is 19.4 Å². The van der Waals surface area contributed by atoms with Crippen molar-refractivity contribution >= 4 is 23.2 Å². The van der Waals surface area contributed by atoms with Gasteiger partial charge in [-0.15, -0.1) is 0 Å². The van der Waals surface area contributed by atoms with E-state index in [1.807, 2.05) is 6.07 Å². The van der Waals surface area contributed by atoms with E-state index >= 15 is 0 Å². The van der Waals surface area contributed by atoms with Crippen LogP contribution in [0.4, 0.5) is 5.69 Å². The van der Waals surface area contributed by atoms with Gasteiger partial charge in [-0.2, -0.15) is 5.26 Å². The highest BCUT2D eigenvalue weighted by Crippen LogP contribution is 2.35. The molecule has 0 bridgehead atoms. The van der Waals surface area contributed by atoms with Crippen LogP contribution in [0.25, 0.3) is 0 Å². The number of benzene rings is 1. The molecule has 1 unspecified atom stereocenters. The van der Waals surface area contributed by atoms with Crippen LogP contribution >= 0.6 is 11.6 Å². The number of hydrogen-bond acceptors (Lipinski definition) is 4. The molecule has 1 saturated heterocycles. The predicted octanol–water partition coefficient (Wildman–Crippen LogP) is 1.55. The van der Waals surface area contributed by atoms with Gasteiger partial charge in [-0.25, -0.2) is 0 Å². The van der Waals surface area contributed by atoms with Gasteiger partial charge < -0.3 is 15.1 Å². The minimum absolute atomic E-state index is 0.165. The molecular weight excluding hydrogens is 292 g/mol. The number of halogens is 1. The maximum Gasteiger partial charge on any atom is 0.233 e. The van der Waals surface area contributed by atoms with E-state index in [0.717, 1.165) is 0 Å². The standard InChI is InChI=1S/C15H17ClN2O3/c1-8(7-19)13-14(20)9(2)18(15(13)21)11-4-3-10(6-17)12(16)5-11/h3-5,8-9,13-14,19-20H,7H2,1-2H3/t8?,9-,13+,14+/m0/s1. The summed E-state index contributed by atoms with van der Waals surface area (Å²) in [4.78, 5) is 14.0. The number of carbonyl (C=O) groups is 1. The molecule has 21 heavy (non-hydrogen) atoms. The van der Waals surface area contributed by atoms with Crippen LogP contribution in [0.15, 0.2) is 18.2 Å². The molecule has 0 saturated carbocycles. The number of hydrogen-bond donors (Lipinski definition) is 2. The first-order chi connectivity index (χ1) is 9.92. The fourth-order valence-corrected chi connectivity index (χ4v) is 2.98. The Morgan fingerprint density at radius 2 is 2.19 bits per heavy atom. The lowest BCUT2D eigenvalue weighted by Crippen LogP contribution is -2.34. The van der Waals surface area contributed by atoms with Crippen molar-refractivity contribution < 1.29 is 15.0 Å². The lowest BCUT2D eigenvalue weighted by atomic mass is 9.89. The highest BCUT2D eigenvalue weighted by molar-refractivity contribution is 6.32. The van der Waals surface area contributed by atoms with E-state index in [-0.39, 0.29) is 23.5 Å². The Kier molecular flexibility index (Phi) is 4.52. The van der Waals surface area contributed by atoms with Crippen molar-refractivity contribution in [1.82, 2.24) is 0 Å². The van der Waals surface area contributed by atoms with Gasteiger partial charge in [0, 0.05) is 12.3 Å². The predicted molar refractivity (Wildman–Crippen MR) is 78.9 cm³/mol. The summed E-state index contributed by atoms with van der Waals surface area (Å²) in [7, 11) is 0. The monoisotopic (exact) mass is 308 g/mol. The molecule has 0 spiro atoms. The highest BCUT2D eigenvalue weighted by Gasteiger charge is 2.47. The second kappa shape index (κ2) is 6.02. The largest absolute Gasteiger partial charge is 0.396 e. The molecule has 1 aromatic carbocycles. The molecule has 5 nitrogen and oxygen atoms in total. The van der Waals surface area contributed by atoms with Crippen LogP contribution in [0.3, 0.4) is 0 Å². The maximum absolute atomic E-state index is 12.5. The Morgan fingerprint density at radius 1 is 1.52 bits per heavy atom. The Balaban J connectivity index is 2.38. The van der Waals surface area contributed by atoms with Gasteiger partial charge in [0.05, 0.1) is 28.6 Å². The van der Waals surface area contributed by atoms with Crippen molar-refractivity contribution in [2.45, 2.75) is 26.0 Å². The molecule has 0 radical (unpaired) electrons. The number of aliphatic hydroxyl groups is 2. The van der Waals surface area contributed by atoms with Gasteiger partial charge in [0.25, 0.3) is 0 Å². The zero-order valence-electron chi connectivity index (χ0n) is 11.8. The summed E-state index contributed by atoms with van der Waals surface area (Å²) in [6.45, 7) is 3.31. The number of aliphatic hydroxyl groups excluding tert-OH is 2. The van der Waals surface area contributed by atoms with E-state index < -0.39 is 18.1 Å². The topological polar surface area (TPSA) is 84.6 Å². The number of nitrogens with zero attached hydrogens (tertiary/aromatic N) is 2. The summed E-state index contributed by atoms with van der Waals surface area (Å²) in [5, 5.41) is 28.7. The van der Waals surface area contributed by atoms with Crippen molar-refractivity contribution in [3.05, 3.63) is 28.8 Å². The SMILES string of the molecule is CC(CO)[C@H]1C(=O)N(c2ccc(C#N)c(Cl)c2)[C@@H](C)[C@H]1O. The Morgan fingerprint density at radius 3 is 2.71 bits per heavy atom. The third-order valence-electron chi connectivity index (χ3n) is 4.04. The van der Waals surface area contributed by atoms with Crippen LogP contribution in [-0.2, 0) is 4.79 Å². The lowest BCUT2D eigenvalue weighted by Gasteiger charge is -2.23. The molecule has 0 aromatic heterocycles. The third-order valence-corrected chi connectivity index (χ3v) is 4.36. The minimum Gasteiger partial charge on any atom is -0.396 e. The quantitative estimate of drug-likeness (QED) is 0.887. The van der Waals surface area contributed by atoms with Crippen molar-refractivity contribution in [1.29, 1.82) is 5.26 Å². The molecule has 112 valence electrons. The van der Waals surface area contributed by atoms with Crippen LogP contribution in [0.5, 0.6) is 0 Å². The first-order valence-corrected chi connectivity index (χ1v) is 7.11. The molecule has 2 rings (SSSR count). The number of carbonyl (C=O) groups excluding carboxylic acids is 1. The number of nitriles is 1. The average molecular weight is 309 g/mol. The molecule has 1 amide bonds. The molecule has 4 atom stereocenters. The van der Waals surface area contributed by atoms with E-state index in [2.05, 4.69) is 0 Å². The molecular formula is C15H17ClN2O3. The number of anilines is 1. The fraction of sp³-hybridized carbons (Fsp3) is 0.467. The Bertz CT molecular complexity index is 599. The second-order valence-corrected chi connectivity index (χ2v) is 5.81. The molecule has 6 heteroatoms. The first-order valence-electron chi connectivity index (χ1n) is 6.74. The van der Waals surface area contributed by atoms with Gasteiger partial charge in [0.1, 0.15) is 6.07 Å². The van der Waals surface area contributed by atoms with E-state index in [1.165, 1.54) is 4.90 Å². The second-order valence-electron chi connectivity index (χ2n) is 5.40. The summed E-state index contributed by atoms with van der Waals surface area (Å²) in [5.41, 5.74) is 0.878. The molecule has 0 aliphatic carbocycles. The summed E-state index contributed by atoms with van der Waals surface area (Å²) in [6.07, 6.45) is -0.853. The summed E-state index contributed by atoms with van der Waals surface area (Å²) in [6, 6.07) is 6.28. The van der Waals surface area contributed by atoms with Crippen LogP contribution in [-0.4, -0.2) is 34.9 Å². The van der Waals surface area contributed by atoms with Gasteiger partial charge in [0.2, 0.25) is 5.91 Å². The number of amides is 1. The zero-order valence-corrected chi connectivity index (χ0v) is 12.6. The van der Waals surface area contributed by atoms with Crippen molar-refractivity contribution in [2.24, 2.45) is 11.8 Å². The average Bonchev–Trinajstić information content (AvgIpc) is 2.68. The minimum atomic E-state index is -0.853. The van der Waals surface area contributed by atoms with Gasteiger partial charge in [-0.1, -0.05) is 18.5 Å². The molecule has 1 fully saturated rings. The fourth-order valence-electron chi connectivity index (χ4n) is 2.76. The Labute approximate surface area is 128 Å². The van der Waals surface area contributed by atoms with E-state index in [1.54, 1.807) is 32.0 Å². The van der Waals surface area contributed by atoms with Gasteiger partial charge in [-0.3, -0.25) is 4.79 Å². The smallest absolute Gasteiger partial charge is 0.233 e. The van der Waals surface area contributed by atoms with Crippen LogP contribution in [0, 0.1) is 23.2 Å². The maximum atomic E-state index is 12.5. The summed E-state index contributed by atoms with van der Waals surface area (Å²) < 4.78 is 0. The first kappa shape index (κ1) is 15.8. The van der Waals surface area contributed by atoms with Gasteiger partial charge in [0.15, 0.2) is 0 Å². The Hall–Kier alpha value is -1.61. The summed E-state index contributed by atoms with van der Waals surface area (Å²) in [5.74, 6) is -1.20. The number of rotatable bonds is 3. The highest BCUT2D eigenvalue weighted by atomic mass is 35.5. The third kappa shape index (κ3) is 2.62. The normalized spacial score (nSPS) is 26.8. The van der Waals surface area contributed by atoms with E-state index in [9.17, 15) is 15.0 Å². The van der Waals surface area contributed by atoms with Crippen molar-refractivity contribution in [3.8, 4) is 6.07 Å². The van der Waals surface area contributed by atoms with Crippen LogP contribution in [0.2, 0.25) is 5.02 Å². The van der Waals surface area contributed by atoms with E-state index in [0.29, 0.717) is 11.3 Å². The van der Waals surface area contributed by atoms with Gasteiger partial charge in [-0.05, 0) is 31.0 Å². The molecule has 1 aromatic rings. The summed E-state index contributed by atoms with van der Waals surface area (Å²) >= 11 is 6.00. The molecule has 1 heterocycles. The van der Waals surface area contributed by atoms with Gasteiger partial charge >= 0.3 is 0 Å². The van der Waals surface area contributed by atoms with Crippen LogP contribution < -0.4 is 4.90 Å². The molecule has 1 aliphatic rings. The van der Waals surface area contributed by atoms with Crippen molar-refractivity contribution in [3.63, 3.8) is 0 Å². The lowest BCUT2D eigenvalue weighted by molar-refractivity contribution is -0.124. The molecule has 2 N–H and O–H groups in total. The molecule has 1 aliphatic heterocycles. The van der Waals surface area contributed by atoms with Crippen molar-refractivity contribution in [2.75, 3.05) is 11.5 Å².